The molecular formula is C16H31NO3. The van der Waals surface area contributed by atoms with E-state index in [9.17, 15) is 9.59 Å². The molecule has 0 fully saturated rings. The zero-order chi connectivity index (χ0) is 15.6. The first-order valence-electron chi connectivity index (χ1n) is 7.69. The molecule has 0 heterocycles. The van der Waals surface area contributed by atoms with E-state index in [1.165, 1.54) is 0 Å². The van der Waals surface area contributed by atoms with Crippen LogP contribution in [0.1, 0.15) is 72.6 Å². The fourth-order valence-corrected chi connectivity index (χ4v) is 2.49. The van der Waals surface area contributed by atoms with Crippen LogP contribution in [-0.2, 0) is 9.59 Å². The Bertz CT molecular complexity index is 295. The number of unbranched alkanes of at least 4 members (excludes halogenated alkanes) is 3. The van der Waals surface area contributed by atoms with Crippen molar-refractivity contribution in [2.45, 2.75) is 72.6 Å². The fourth-order valence-electron chi connectivity index (χ4n) is 2.49. The second-order valence-electron chi connectivity index (χ2n) is 6.98. The number of carbonyl (C=O) groups excluding carboxylic acids is 1. The SMILES string of the molecule is CC(CC(=O)NCCCCCCC(=O)O)CC(C)(C)C. The molecule has 0 aliphatic rings. The second kappa shape index (κ2) is 9.78. The Labute approximate surface area is 123 Å². The van der Waals surface area contributed by atoms with Crippen molar-refractivity contribution in [2.75, 3.05) is 6.54 Å². The molecule has 1 unspecified atom stereocenters. The van der Waals surface area contributed by atoms with Crippen molar-refractivity contribution in [3.05, 3.63) is 0 Å². The van der Waals surface area contributed by atoms with E-state index in [0.717, 1.165) is 32.1 Å². The van der Waals surface area contributed by atoms with Crippen LogP contribution >= 0.6 is 0 Å². The van der Waals surface area contributed by atoms with Gasteiger partial charge in [-0.2, -0.15) is 0 Å². The Kier molecular flexibility index (Phi) is 9.26. The number of carboxylic acids is 1. The summed E-state index contributed by atoms with van der Waals surface area (Å²) in [5, 5.41) is 11.4. The summed E-state index contributed by atoms with van der Waals surface area (Å²) in [7, 11) is 0. The average Bonchev–Trinajstić information content (AvgIpc) is 2.24. The number of hydrogen-bond acceptors (Lipinski definition) is 2. The van der Waals surface area contributed by atoms with Gasteiger partial charge < -0.3 is 10.4 Å². The molecule has 0 bridgehead atoms. The normalized spacial score (nSPS) is 13.0. The largest absolute Gasteiger partial charge is 0.481 e. The van der Waals surface area contributed by atoms with Crippen molar-refractivity contribution in [3.8, 4) is 0 Å². The number of amides is 1. The molecule has 118 valence electrons. The number of nitrogens with one attached hydrogen (secondary N) is 1. The van der Waals surface area contributed by atoms with Crippen LogP contribution in [0.5, 0.6) is 0 Å². The van der Waals surface area contributed by atoms with E-state index in [1.54, 1.807) is 0 Å². The molecule has 1 atom stereocenters. The highest BCUT2D eigenvalue weighted by Crippen LogP contribution is 2.25. The van der Waals surface area contributed by atoms with Crippen LogP contribution in [-0.4, -0.2) is 23.5 Å². The number of carboxylic acid groups (broad SMARTS) is 1. The van der Waals surface area contributed by atoms with Crippen molar-refractivity contribution in [3.63, 3.8) is 0 Å². The van der Waals surface area contributed by atoms with Crippen molar-refractivity contribution < 1.29 is 14.7 Å². The van der Waals surface area contributed by atoms with Gasteiger partial charge in [0.15, 0.2) is 0 Å². The molecule has 0 aromatic rings. The zero-order valence-electron chi connectivity index (χ0n) is 13.5. The predicted octanol–water partition coefficient (Wildman–Crippen LogP) is 3.60. The molecule has 0 aromatic carbocycles. The first-order chi connectivity index (χ1) is 9.20. The van der Waals surface area contributed by atoms with Crippen LogP contribution in [0.25, 0.3) is 0 Å². The molecule has 0 aliphatic carbocycles. The smallest absolute Gasteiger partial charge is 0.303 e. The van der Waals surface area contributed by atoms with Crippen molar-refractivity contribution in [1.82, 2.24) is 5.32 Å². The highest BCUT2D eigenvalue weighted by Gasteiger charge is 2.17. The van der Waals surface area contributed by atoms with Gasteiger partial charge in [-0.1, -0.05) is 40.5 Å². The highest BCUT2D eigenvalue weighted by molar-refractivity contribution is 5.76. The minimum Gasteiger partial charge on any atom is -0.481 e. The van der Waals surface area contributed by atoms with Gasteiger partial charge in [-0.3, -0.25) is 9.59 Å². The molecule has 0 aliphatic heterocycles. The third kappa shape index (κ3) is 13.4. The molecule has 4 nitrogen and oxygen atoms in total. The van der Waals surface area contributed by atoms with Crippen LogP contribution < -0.4 is 5.32 Å². The first-order valence-corrected chi connectivity index (χ1v) is 7.69. The van der Waals surface area contributed by atoms with Gasteiger partial charge in [0.1, 0.15) is 0 Å². The monoisotopic (exact) mass is 285 g/mol. The van der Waals surface area contributed by atoms with Crippen molar-refractivity contribution in [2.24, 2.45) is 11.3 Å². The van der Waals surface area contributed by atoms with E-state index >= 15 is 0 Å². The number of rotatable bonds is 10. The third-order valence-corrected chi connectivity index (χ3v) is 3.13. The molecule has 20 heavy (non-hydrogen) atoms. The second-order valence-corrected chi connectivity index (χ2v) is 6.98. The molecule has 0 radical (unpaired) electrons. The molecule has 0 saturated carbocycles. The van der Waals surface area contributed by atoms with E-state index in [4.69, 9.17) is 5.11 Å². The summed E-state index contributed by atoms with van der Waals surface area (Å²) in [5.74, 6) is -0.191. The van der Waals surface area contributed by atoms with Crippen LogP contribution in [0.3, 0.4) is 0 Å². The lowest BCUT2D eigenvalue weighted by Gasteiger charge is -2.22. The topological polar surface area (TPSA) is 66.4 Å². The van der Waals surface area contributed by atoms with Crippen LogP contribution in [0.4, 0.5) is 0 Å². The van der Waals surface area contributed by atoms with Crippen molar-refractivity contribution in [1.29, 1.82) is 0 Å². The van der Waals surface area contributed by atoms with E-state index in [2.05, 4.69) is 33.0 Å². The summed E-state index contributed by atoms with van der Waals surface area (Å²) in [5.41, 5.74) is 0.268. The fraction of sp³-hybridized carbons (Fsp3) is 0.875. The quantitative estimate of drug-likeness (QED) is 0.603. The zero-order valence-corrected chi connectivity index (χ0v) is 13.5. The Morgan fingerprint density at radius 3 is 2.25 bits per heavy atom. The Morgan fingerprint density at radius 1 is 1.10 bits per heavy atom. The molecule has 0 rings (SSSR count). The molecule has 4 heteroatoms. The molecule has 1 amide bonds. The van der Waals surface area contributed by atoms with Gasteiger partial charge in [0, 0.05) is 19.4 Å². The minimum atomic E-state index is -0.730. The maximum Gasteiger partial charge on any atom is 0.303 e. The first kappa shape index (κ1) is 18.9. The average molecular weight is 285 g/mol. The van der Waals surface area contributed by atoms with Gasteiger partial charge in [0.25, 0.3) is 0 Å². The molecule has 2 N–H and O–H groups in total. The van der Waals surface area contributed by atoms with Gasteiger partial charge in [-0.15, -0.1) is 0 Å². The van der Waals surface area contributed by atoms with E-state index in [0.29, 0.717) is 18.9 Å². The summed E-state index contributed by atoms with van der Waals surface area (Å²) < 4.78 is 0. The highest BCUT2D eigenvalue weighted by atomic mass is 16.4. The maximum atomic E-state index is 11.7. The summed E-state index contributed by atoms with van der Waals surface area (Å²) >= 11 is 0. The van der Waals surface area contributed by atoms with Crippen molar-refractivity contribution >= 4 is 11.9 Å². The van der Waals surface area contributed by atoms with Crippen LogP contribution in [0.15, 0.2) is 0 Å². The number of aliphatic carboxylic acids is 1. The van der Waals surface area contributed by atoms with E-state index in [-0.39, 0.29) is 17.7 Å². The lowest BCUT2D eigenvalue weighted by Crippen LogP contribution is -2.27. The predicted molar refractivity (Wildman–Crippen MR) is 81.6 cm³/mol. The summed E-state index contributed by atoms with van der Waals surface area (Å²) in [4.78, 5) is 22.1. The van der Waals surface area contributed by atoms with Gasteiger partial charge in [-0.05, 0) is 30.6 Å². The Balaban J connectivity index is 3.52. The summed E-state index contributed by atoms with van der Waals surface area (Å²) in [6, 6.07) is 0. The van der Waals surface area contributed by atoms with Gasteiger partial charge in [0.05, 0.1) is 0 Å². The minimum absolute atomic E-state index is 0.132. The van der Waals surface area contributed by atoms with Gasteiger partial charge in [0.2, 0.25) is 5.91 Å². The van der Waals surface area contributed by atoms with E-state index < -0.39 is 5.97 Å². The molecule has 0 aromatic heterocycles. The summed E-state index contributed by atoms with van der Waals surface area (Å²) in [6.45, 7) is 9.40. The lowest BCUT2D eigenvalue weighted by molar-refractivity contribution is -0.137. The third-order valence-electron chi connectivity index (χ3n) is 3.13. The standard InChI is InChI=1S/C16H31NO3/c1-13(12-16(2,3)4)11-14(18)17-10-8-6-5-7-9-15(19)20/h13H,5-12H2,1-4H3,(H,17,18)(H,19,20). The molecule has 0 spiro atoms. The lowest BCUT2D eigenvalue weighted by atomic mass is 9.84. The van der Waals surface area contributed by atoms with Crippen LogP contribution in [0.2, 0.25) is 0 Å². The molecule has 0 saturated heterocycles. The number of carbonyl (C=O) groups is 2. The number of hydrogen-bond donors (Lipinski definition) is 2. The van der Waals surface area contributed by atoms with Crippen LogP contribution in [0, 0.1) is 11.3 Å². The Hall–Kier alpha value is -1.06. The van der Waals surface area contributed by atoms with Gasteiger partial charge in [-0.25, -0.2) is 0 Å². The summed E-state index contributed by atoms with van der Waals surface area (Å²) in [6.07, 6.45) is 5.45. The maximum absolute atomic E-state index is 11.7. The van der Waals surface area contributed by atoms with Gasteiger partial charge >= 0.3 is 5.97 Å². The molecular weight excluding hydrogens is 254 g/mol. The van der Waals surface area contributed by atoms with E-state index in [1.807, 2.05) is 0 Å². The Morgan fingerprint density at radius 2 is 1.70 bits per heavy atom.